The number of rotatable bonds is 21. The lowest BCUT2D eigenvalue weighted by Crippen LogP contribution is -2.61. The lowest BCUT2D eigenvalue weighted by atomic mass is 9.74. The number of aryl methyl sites for hydroxylation is 1. The molecule has 18 atom stereocenters. The number of nitrogens with one attached hydrogen (secondary N) is 1. The average Bonchev–Trinajstić information content (AvgIpc) is 3.90. The Labute approximate surface area is 483 Å². The summed E-state index contributed by atoms with van der Waals surface area (Å²) in [5, 5.41) is 25.0. The molecule has 0 bridgehead atoms. The second-order valence-electron chi connectivity index (χ2n) is 24.4. The van der Waals surface area contributed by atoms with Gasteiger partial charge in [0.05, 0.1) is 71.1 Å². The summed E-state index contributed by atoms with van der Waals surface area (Å²) in [6.45, 7) is 22.0. The molecule has 6 rings (SSSR count). The van der Waals surface area contributed by atoms with Crippen molar-refractivity contribution < 1.29 is 85.2 Å². The van der Waals surface area contributed by atoms with Gasteiger partial charge in [0, 0.05) is 62.7 Å². The Hall–Kier alpha value is -4.14. The normalized spacial score (nSPS) is 36.2. The van der Waals surface area contributed by atoms with Gasteiger partial charge in [0.15, 0.2) is 34.1 Å². The number of aliphatic hydroxyl groups is 1. The molecule has 3 N–H and O–H groups in total. The summed E-state index contributed by atoms with van der Waals surface area (Å²) in [6.07, 6.45) is -6.98. The SMILES string of the molecule is CC[C@H]1OC(=O)[C@H](C)[C@@H](O[C@H]2C[C@@](C)(OC)[C@@H](OCCS(=O)(=O)CCNCCCc3ccc4c(c3)c(=O)c(C(=O)O)cn4C(C)C)[C@H](C)O2)[C@H](C)[C@@H](O[C@@H]2O[C@H](C)C[C@H](N(C)C)[C@H]2O)[C@](C)(OC)C[C@@H](C)C(=O)[C@H](C)C2OC(=O)O[C@@]21C. The van der Waals surface area contributed by atoms with Gasteiger partial charge in [0.25, 0.3) is 0 Å². The quantitative estimate of drug-likeness (QED) is 0.0973. The molecular weight excluding hydrogens is 1090 g/mol. The Kier molecular flexibility index (Phi) is 22.5. The zero-order valence-corrected chi connectivity index (χ0v) is 51.8. The van der Waals surface area contributed by atoms with Crippen LogP contribution in [0.4, 0.5) is 4.79 Å². The summed E-state index contributed by atoms with van der Waals surface area (Å²) in [5.74, 6) is -6.14. The van der Waals surface area contributed by atoms with Gasteiger partial charge in [0.1, 0.15) is 29.7 Å². The van der Waals surface area contributed by atoms with Crippen LogP contribution < -0.4 is 10.7 Å². The van der Waals surface area contributed by atoms with Crippen LogP contribution in [-0.2, 0) is 73.2 Å². The molecular formula is C59H93N3O19S. The standard InChI is InChI=1S/C59H93N3O19S/c1-17-44-59(12)51(80-56(69)81-59)35(6)46(63)33(4)29-57(10,72-15)50(79-55-48(65)43(61(13)14)27-34(5)75-55)36(7)49(37(8)54(68)77-44)78-45-30-58(11,73-16)52(38(9)76-45)74-24-26-82(70,71)25-23-60-22-18-19-39-20-21-42-40(28-39)47(64)41(53(66)67)31-62(42)32(2)3/h20-21,28,31-38,43-45,48-52,55,60,65H,17-19,22-27,29-30H2,1-16H3,(H,66,67)/t33-,34-,35+,36+,37-,38+,43+,44-,45+,48-,49+,50-,51?,52+,55+,57-,58-,59-/m1/s1. The molecule has 0 amide bonds. The minimum Gasteiger partial charge on any atom is -0.477 e. The van der Waals surface area contributed by atoms with E-state index < -0.39 is 129 Å². The number of aromatic nitrogens is 1. The maximum atomic E-state index is 14.8. The maximum absolute atomic E-state index is 14.8. The Balaban J connectivity index is 1.17. The summed E-state index contributed by atoms with van der Waals surface area (Å²) in [7, 11) is 3.16. The predicted octanol–water partition coefficient (Wildman–Crippen LogP) is 5.88. The van der Waals surface area contributed by atoms with E-state index in [1.54, 1.807) is 59.1 Å². The van der Waals surface area contributed by atoms with Crippen LogP contribution in [0.15, 0.2) is 29.2 Å². The molecule has 0 spiro atoms. The van der Waals surface area contributed by atoms with Gasteiger partial charge in [-0.2, -0.15) is 0 Å². The van der Waals surface area contributed by atoms with Gasteiger partial charge in [-0.3, -0.25) is 14.4 Å². The summed E-state index contributed by atoms with van der Waals surface area (Å²) < 4.78 is 92.1. The van der Waals surface area contributed by atoms with Crippen molar-refractivity contribution in [1.29, 1.82) is 0 Å². The summed E-state index contributed by atoms with van der Waals surface area (Å²) in [6, 6.07) is 5.07. The van der Waals surface area contributed by atoms with E-state index in [1.807, 2.05) is 65.7 Å². The monoisotopic (exact) mass is 1180 g/mol. The highest BCUT2D eigenvalue weighted by Crippen LogP contribution is 2.44. The largest absolute Gasteiger partial charge is 0.509 e. The molecule has 0 radical (unpaired) electrons. The van der Waals surface area contributed by atoms with Gasteiger partial charge < -0.3 is 72.4 Å². The molecule has 0 saturated carbocycles. The first-order valence-electron chi connectivity index (χ1n) is 29.0. The number of fused-ring (bicyclic) bond motifs is 2. The van der Waals surface area contributed by atoms with Gasteiger partial charge in [0.2, 0.25) is 5.43 Å². The number of carboxylic acid groups (broad SMARTS) is 1. The highest BCUT2D eigenvalue weighted by atomic mass is 32.2. The number of nitrogens with zero attached hydrogens (tertiary/aromatic N) is 2. The molecule has 4 saturated heterocycles. The fourth-order valence-corrected chi connectivity index (χ4v) is 13.8. The number of carbonyl (C=O) groups is 4. The molecule has 4 aliphatic rings. The molecule has 2 aromatic rings. The Morgan fingerprint density at radius 1 is 0.902 bits per heavy atom. The molecule has 4 aliphatic heterocycles. The molecule has 5 heterocycles. The molecule has 0 aliphatic carbocycles. The van der Waals surface area contributed by atoms with Crippen LogP contribution in [0.2, 0.25) is 0 Å². The van der Waals surface area contributed by atoms with Crippen molar-refractivity contribution in [2.24, 2.45) is 23.7 Å². The van der Waals surface area contributed by atoms with Crippen LogP contribution in [0.3, 0.4) is 0 Å². The van der Waals surface area contributed by atoms with E-state index in [0.717, 1.165) is 5.56 Å². The highest BCUT2D eigenvalue weighted by molar-refractivity contribution is 7.91. The molecule has 464 valence electrons. The minimum atomic E-state index is -3.59. The fourth-order valence-electron chi connectivity index (χ4n) is 12.8. The number of likely N-dealkylation sites (N-methyl/N-ethyl adjacent to an activating group) is 1. The second kappa shape index (κ2) is 27.5. The van der Waals surface area contributed by atoms with E-state index in [1.165, 1.54) is 20.4 Å². The number of hydrogen-bond acceptors (Lipinski definition) is 20. The number of sulfone groups is 1. The summed E-state index contributed by atoms with van der Waals surface area (Å²) in [5.41, 5.74) is -3.28. The van der Waals surface area contributed by atoms with E-state index in [-0.39, 0.29) is 73.5 Å². The van der Waals surface area contributed by atoms with Crippen LogP contribution in [0, 0.1) is 23.7 Å². The van der Waals surface area contributed by atoms with Gasteiger partial charge in [-0.25, -0.2) is 18.0 Å². The minimum absolute atomic E-state index is 0.0618. The number of benzene rings is 1. The zero-order valence-electron chi connectivity index (χ0n) is 51.0. The summed E-state index contributed by atoms with van der Waals surface area (Å²) >= 11 is 0. The molecule has 23 heteroatoms. The number of aliphatic hydroxyl groups excluding tert-OH is 1. The van der Waals surface area contributed by atoms with Crippen molar-refractivity contribution in [3.63, 3.8) is 0 Å². The fraction of sp³-hybridized carbons (Fsp3) is 0.780. The molecule has 1 unspecified atom stereocenters. The first kappa shape index (κ1) is 67.0. The molecule has 4 fully saturated rings. The third kappa shape index (κ3) is 14.9. The number of ketones is 1. The number of carboxylic acids is 1. The zero-order chi connectivity index (χ0) is 61.0. The van der Waals surface area contributed by atoms with Crippen molar-refractivity contribution in [3.8, 4) is 0 Å². The van der Waals surface area contributed by atoms with E-state index in [2.05, 4.69) is 5.32 Å². The van der Waals surface area contributed by atoms with Crippen LogP contribution in [-0.4, -0.2) is 196 Å². The number of methoxy groups -OCH3 is 2. The number of esters is 1. The number of cyclic esters (lactones) is 1. The first-order valence-corrected chi connectivity index (χ1v) is 30.8. The second-order valence-corrected chi connectivity index (χ2v) is 26.7. The van der Waals surface area contributed by atoms with Crippen molar-refractivity contribution in [2.45, 2.75) is 212 Å². The Morgan fingerprint density at radius 2 is 1.57 bits per heavy atom. The van der Waals surface area contributed by atoms with Crippen LogP contribution in [0.25, 0.3) is 10.9 Å². The number of hydrogen-bond donors (Lipinski definition) is 3. The lowest BCUT2D eigenvalue weighted by molar-refractivity contribution is -0.321. The van der Waals surface area contributed by atoms with E-state index in [0.29, 0.717) is 36.7 Å². The number of aromatic carboxylic acids is 1. The van der Waals surface area contributed by atoms with Crippen LogP contribution >= 0.6 is 0 Å². The Bertz CT molecular complexity index is 2720. The van der Waals surface area contributed by atoms with E-state index in [4.69, 9.17) is 47.4 Å². The van der Waals surface area contributed by atoms with Crippen LogP contribution in [0.5, 0.6) is 0 Å². The Morgan fingerprint density at radius 3 is 2.20 bits per heavy atom. The summed E-state index contributed by atoms with van der Waals surface area (Å²) in [4.78, 5) is 69.1. The average molecular weight is 1180 g/mol. The van der Waals surface area contributed by atoms with Crippen molar-refractivity contribution >= 4 is 44.6 Å². The van der Waals surface area contributed by atoms with E-state index in [9.17, 15) is 42.6 Å². The van der Waals surface area contributed by atoms with Gasteiger partial charge in [-0.1, -0.05) is 33.8 Å². The van der Waals surface area contributed by atoms with Gasteiger partial charge in [-0.15, -0.1) is 0 Å². The number of Topliss-reactive ketones (excluding diaryl/α,β-unsaturated/α-hetero) is 1. The van der Waals surface area contributed by atoms with Crippen molar-refractivity contribution in [2.75, 3.05) is 59.5 Å². The number of carbonyl (C=O) groups excluding carboxylic acids is 3. The van der Waals surface area contributed by atoms with Gasteiger partial charge >= 0.3 is 18.1 Å². The smallest absolute Gasteiger partial charge is 0.477 e. The third-order valence-electron chi connectivity index (χ3n) is 17.7. The molecule has 1 aromatic heterocycles. The highest BCUT2D eigenvalue weighted by Gasteiger charge is 2.60. The number of ether oxygens (including phenoxy) is 10. The van der Waals surface area contributed by atoms with Crippen molar-refractivity contribution in [3.05, 3.63) is 45.7 Å². The van der Waals surface area contributed by atoms with Crippen LogP contribution in [0.1, 0.15) is 137 Å². The lowest BCUT2D eigenvalue weighted by Gasteiger charge is -2.50. The predicted molar refractivity (Wildman–Crippen MR) is 303 cm³/mol. The van der Waals surface area contributed by atoms with Gasteiger partial charge in [-0.05, 0) is 126 Å². The molecule has 82 heavy (non-hydrogen) atoms. The maximum Gasteiger partial charge on any atom is 0.509 e. The topological polar surface area (TPSA) is 272 Å². The molecule has 1 aromatic carbocycles. The third-order valence-corrected chi connectivity index (χ3v) is 19.3. The molecule has 22 nitrogen and oxygen atoms in total. The van der Waals surface area contributed by atoms with Crippen molar-refractivity contribution in [1.82, 2.24) is 14.8 Å². The number of pyridine rings is 1. The first-order chi connectivity index (χ1) is 38.3. The van der Waals surface area contributed by atoms with E-state index >= 15 is 0 Å².